The lowest BCUT2D eigenvalue weighted by Crippen LogP contribution is -2.45. The van der Waals surface area contributed by atoms with Gasteiger partial charge in [0, 0.05) is 6.20 Å². The van der Waals surface area contributed by atoms with Gasteiger partial charge < -0.3 is 10.4 Å². The number of hydrogen-bond donors (Lipinski definition) is 2. The van der Waals surface area contributed by atoms with Gasteiger partial charge in [-0.1, -0.05) is 31.9 Å². The quantitative estimate of drug-likeness (QED) is 0.802. The van der Waals surface area contributed by atoms with Crippen molar-refractivity contribution in [1.82, 2.24) is 10.3 Å². The van der Waals surface area contributed by atoms with Gasteiger partial charge in [-0.05, 0) is 18.1 Å². The summed E-state index contributed by atoms with van der Waals surface area (Å²) in [6, 6.07) is 2.14. The van der Waals surface area contributed by atoms with Gasteiger partial charge in [0.25, 0.3) is 5.91 Å². The van der Waals surface area contributed by atoms with Crippen LogP contribution in [-0.2, 0) is 4.79 Å². The minimum Gasteiger partial charge on any atom is -0.480 e. The van der Waals surface area contributed by atoms with Crippen LogP contribution in [0.25, 0.3) is 0 Å². The van der Waals surface area contributed by atoms with Gasteiger partial charge >= 0.3 is 5.97 Å². The maximum atomic E-state index is 11.9. The summed E-state index contributed by atoms with van der Waals surface area (Å²) in [4.78, 5) is 26.8. The summed E-state index contributed by atoms with van der Waals surface area (Å²) in [6.07, 6.45) is 2.11. The molecule has 1 amide bonds. The van der Waals surface area contributed by atoms with Gasteiger partial charge in [-0.25, -0.2) is 9.78 Å². The van der Waals surface area contributed by atoms with Crippen molar-refractivity contribution in [2.24, 2.45) is 5.92 Å². The van der Waals surface area contributed by atoms with Crippen molar-refractivity contribution in [3.8, 4) is 0 Å². The van der Waals surface area contributed by atoms with E-state index in [1.54, 1.807) is 13.0 Å². The molecule has 98 valence electrons. The summed E-state index contributed by atoms with van der Waals surface area (Å²) >= 11 is 5.78. The van der Waals surface area contributed by atoms with Crippen LogP contribution in [0, 0.1) is 5.92 Å². The van der Waals surface area contributed by atoms with Gasteiger partial charge in [-0.15, -0.1) is 0 Å². The molecule has 1 rings (SSSR count). The fourth-order valence-electron chi connectivity index (χ4n) is 1.46. The number of carbonyl (C=O) groups excluding carboxylic acids is 1. The average molecular weight is 271 g/mol. The Morgan fingerprint density at radius 1 is 1.56 bits per heavy atom. The average Bonchev–Trinajstić information content (AvgIpc) is 2.35. The number of aromatic nitrogens is 1. The normalized spacial score (nSPS) is 13.7. The van der Waals surface area contributed by atoms with Crippen LogP contribution in [0.1, 0.15) is 30.6 Å². The first-order chi connectivity index (χ1) is 8.47. The Hall–Kier alpha value is -1.62. The number of pyridine rings is 1. The van der Waals surface area contributed by atoms with Crippen molar-refractivity contribution in [2.45, 2.75) is 26.3 Å². The molecule has 1 heterocycles. The molecule has 0 aliphatic rings. The molecular formula is C12H15ClN2O3. The molecule has 2 unspecified atom stereocenters. The molecule has 0 radical (unpaired) electrons. The SMILES string of the molecule is CCC(C)C(NC(=O)c1cccnc1Cl)C(=O)O. The monoisotopic (exact) mass is 270 g/mol. The highest BCUT2D eigenvalue weighted by molar-refractivity contribution is 6.32. The molecule has 18 heavy (non-hydrogen) atoms. The number of carbonyl (C=O) groups is 2. The van der Waals surface area contributed by atoms with Crippen molar-refractivity contribution in [3.63, 3.8) is 0 Å². The van der Waals surface area contributed by atoms with Gasteiger partial charge in [0.1, 0.15) is 11.2 Å². The van der Waals surface area contributed by atoms with Crippen LogP contribution in [0.15, 0.2) is 18.3 Å². The molecule has 0 saturated carbocycles. The van der Waals surface area contributed by atoms with Crippen molar-refractivity contribution < 1.29 is 14.7 Å². The second-order valence-corrected chi connectivity index (χ2v) is 4.37. The lowest BCUT2D eigenvalue weighted by atomic mass is 9.99. The van der Waals surface area contributed by atoms with Gasteiger partial charge in [-0.3, -0.25) is 4.79 Å². The van der Waals surface area contributed by atoms with E-state index in [2.05, 4.69) is 10.3 Å². The Kier molecular flexibility index (Phi) is 5.09. The van der Waals surface area contributed by atoms with Gasteiger partial charge in [-0.2, -0.15) is 0 Å². The fourth-order valence-corrected chi connectivity index (χ4v) is 1.66. The number of rotatable bonds is 5. The summed E-state index contributed by atoms with van der Waals surface area (Å²) in [5.74, 6) is -1.75. The van der Waals surface area contributed by atoms with Crippen LogP contribution in [0.4, 0.5) is 0 Å². The second kappa shape index (κ2) is 6.35. The summed E-state index contributed by atoms with van der Waals surface area (Å²) in [5, 5.41) is 11.6. The molecule has 2 N–H and O–H groups in total. The highest BCUT2D eigenvalue weighted by Gasteiger charge is 2.26. The summed E-state index contributed by atoms with van der Waals surface area (Å²) in [5.41, 5.74) is 0.175. The summed E-state index contributed by atoms with van der Waals surface area (Å²) in [6.45, 7) is 3.63. The second-order valence-electron chi connectivity index (χ2n) is 4.02. The Labute approximate surface area is 110 Å². The Balaban J connectivity index is 2.86. The molecule has 0 spiro atoms. The standard InChI is InChI=1S/C12H15ClN2O3/c1-3-7(2)9(12(17)18)15-11(16)8-5-4-6-14-10(8)13/h4-7,9H,3H2,1-2H3,(H,15,16)(H,17,18). The van der Waals surface area contributed by atoms with E-state index < -0.39 is 17.9 Å². The minimum absolute atomic E-state index is 0.0586. The number of halogens is 1. The van der Waals surface area contributed by atoms with Crippen LogP contribution in [-0.4, -0.2) is 28.0 Å². The Morgan fingerprint density at radius 2 is 2.22 bits per heavy atom. The molecule has 1 aromatic rings. The van der Waals surface area contributed by atoms with Crippen molar-refractivity contribution in [1.29, 1.82) is 0 Å². The summed E-state index contributed by atoms with van der Waals surface area (Å²) < 4.78 is 0. The lowest BCUT2D eigenvalue weighted by Gasteiger charge is -2.20. The van der Waals surface area contributed by atoms with Crippen molar-refractivity contribution in [2.75, 3.05) is 0 Å². The van der Waals surface area contributed by atoms with E-state index in [0.717, 1.165) is 0 Å². The van der Waals surface area contributed by atoms with E-state index in [0.29, 0.717) is 6.42 Å². The van der Waals surface area contributed by atoms with Gasteiger partial charge in [0.05, 0.1) is 5.56 Å². The number of amides is 1. The number of carboxylic acid groups (broad SMARTS) is 1. The zero-order valence-electron chi connectivity index (χ0n) is 10.2. The molecule has 0 saturated heterocycles. The predicted molar refractivity (Wildman–Crippen MR) is 67.6 cm³/mol. The van der Waals surface area contributed by atoms with E-state index in [1.165, 1.54) is 12.3 Å². The van der Waals surface area contributed by atoms with Crippen molar-refractivity contribution >= 4 is 23.5 Å². The van der Waals surface area contributed by atoms with Crippen LogP contribution in [0.2, 0.25) is 5.15 Å². The highest BCUT2D eigenvalue weighted by atomic mass is 35.5. The number of hydrogen-bond acceptors (Lipinski definition) is 3. The number of carboxylic acids is 1. The third kappa shape index (κ3) is 3.43. The van der Waals surface area contributed by atoms with Gasteiger partial charge in [0.15, 0.2) is 0 Å². The predicted octanol–water partition coefficient (Wildman–Crippen LogP) is 1.96. The molecule has 0 fully saturated rings. The number of nitrogens with zero attached hydrogens (tertiary/aromatic N) is 1. The smallest absolute Gasteiger partial charge is 0.326 e. The molecule has 6 heteroatoms. The van der Waals surface area contributed by atoms with Crippen molar-refractivity contribution in [3.05, 3.63) is 29.0 Å². The Morgan fingerprint density at radius 3 is 2.72 bits per heavy atom. The first-order valence-corrected chi connectivity index (χ1v) is 5.99. The number of nitrogens with one attached hydrogen (secondary N) is 1. The van der Waals surface area contributed by atoms with E-state index >= 15 is 0 Å². The largest absolute Gasteiger partial charge is 0.480 e. The Bertz CT molecular complexity index is 451. The molecule has 2 atom stereocenters. The topological polar surface area (TPSA) is 79.3 Å². The van der Waals surface area contributed by atoms with E-state index in [9.17, 15) is 9.59 Å². The fraction of sp³-hybridized carbons (Fsp3) is 0.417. The van der Waals surface area contributed by atoms with Gasteiger partial charge in [0.2, 0.25) is 0 Å². The molecule has 0 aliphatic carbocycles. The number of aliphatic carboxylic acids is 1. The van der Waals surface area contributed by atoms with Crippen LogP contribution in [0.3, 0.4) is 0 Å². The minimum atomic E-state index is -1.06. The maximum absolute atomic E-state index is 11.9. The molecule has 0 bridgehead atoms. The van der Waals surface area contributed by atoms with Crippen LogP contribution < -0.4 is 5.32 Å². The van der Waals surface area contributed by atoms with E-state index in [4.69, 9.17) is 16.7 Å². The van der Waals surface area contributed by atoms with Crippen LogP contribution >= 0.6 is 11.6 Å². The molecule has 1 aromatic heterocycles. The first-order valence-electron chi connectivity index (χ1n) is 5.61. The van der Waals surface area contributed by atoms with E-state index in [1.807, 2.05) is 6.92 Å². The molecule has 0 aromatic carbocycles. The summed E-state index contributed by atoms with van der Waals surface area (Å²) in [7, 11) is 0. The lowest BCUT2D eigenvalue weighted by molar-refractivity contribution is -0.140. The zero-order chi connectivity index (χ0) is 13.7. The molecule has 0 aliphatic heterocycles. The molecule has 5 nitrogen and oxygen atoms in total. The first kappa shape index (κ1) is 14.4. The maximum Gasteiger partial charge on any atom is 0.326 e. The van der Waals surface area contributed by atoms with E-state index in [-0.39, 0.29) is 16.6 Å². The molecular weight excluding hydrogens is 256 g/mol. The highest BCUT2D eigenvalue weighted by Crippen LogP contribution is 2.13. The zero-order valence-corrected chi connectivity index (χ0v) is 10.9. The van der Waals surface area contributed by atoms with Crippen LogP contribution in [0.5, 0.6) is 0 Å². The third-order valence-corrected chi connectivity index (χ3v) is 3.07. The third-order valence-electron chi connectivity index (χ3n) is 2.77.